The van der Waals surface area contributed by atoms with E-state index in [1.54, 1.807) is 0 Å². The highest BCUT2D eigenvalue weighted by Gasteiger charge is 2.10. The Bertz CT molecular complexity index is 542. The van der Waals surface area contributed by atoms with Crippen molar-refractivity contribution in [2.75, 3.05) is 11.5 Å². The van der Waals surface area contributed by atoms with Crippen LogP contribution in [0.4, 0.5) is 11.4 Å². The standard InChI is InChI=1S/C13H16N2/c1-7-8(2)12-10(13(15)9(7)3)5-4-6-11(12)14/h4-6H,14-15H2,1-3H3. The Hall–Kier alpha value is -1.70. The topological polar surface area (TPSA) is 52.0 Å². The first-order valence-electron chi connectivity index (χ1n) is 5.07. The Morgan fingerprint density at radius 1 is 0.867 bits per heavy atom. The van der Waals surface area contributed by atoms with Gasteiger partial charge in [0.1, 0.15) is 0 Å². The quantitative estimate of drug-likeness (QED) is 0.642. The molecule has 78 valence electrons. The Morgan fingerprint density at radius 2 is 1.53 bits per heavy atom. The molecule has 0 aliphatic heterocycles. The molecule has 0 unspecified atom stereocenters. The summed E-state index contributed by atoms with van der Waals surface area (Å²) in [4.78, 5) is 0. The highest BCUT2D eigenvalue weighted by Crippen LogP contribution is 2.34. The van der Waals surface area contributed by atoms with E-state index in [-0.39, 0.29) is 0 Å². The van der Waals surface area contributed by atoms with Crippen molar-refractivity contribution in [2.24, 2.45) is 0 Å². The van der Waals surface area contributed by atoms with Crippen molar-refractivity contribution in [3.63, 3.8) is 0 Å². The number of fused-ring (bicyclic) bond motifs is 1. The van der Waals surface area contributed by atoms with E-state index in [9.17, 15) is 0 Å². The van der Waals surface area contributed by atoms with Crippen LogP contribution in [0.5, 0.6) is 0 Å². The van der Waals surface area contributed by atoms with Gasteiger partial charge >= 0.3 is 0 Å². The Morgan fingerprint density at radius 3 is 2.20 bits per heavy atom. The van der Waals surface area contributed by atoms with Crippen LogP contribution in [-0.4, -0.2) is 0 Å². The Labute approximate surface area is 89.9 Å². The molecule has 0 radical (unpaired) electrons. The molecule has 0 aliphatic carbocycles. The van der Waals surface area contributed by atoms with Crippen LogP contribution in [0, 0.1) is 20.8 Å². The van der Waals surface area contributed by atoms with Crippen molar-refractivity contribution in [2.45, 2.75) is 20.8 Å². The molecule has 15 heavy (non-hydrogen) atoms. The summed E-state index contributed by atoms with van der Waals surface area (Å²) < 4.78 is 0. The van der Waals surface area contributed by atoms with Crippen molar-refractivity contribution >= 4 is 22.1 Å². The summed E-state index contributed by atoms with van der Waals surface area (Å²) in [6.45, 7) is 6.24. The van der Waals surface area contributed by atoms with Crippen LogP contribution in [0.2, 0.25) is 0 Å². The zero-order chi connectivity index (χ0) is 11.2. The van der Waals surface area contributed by atoms with Gasteiger partial charge in [0.15, 0.2) is 0 Å². The zero-order valence-corrected chi connectivity index (χ0v) is 9.39. The number of benzene rings is 2. The van der Waals surface area contributed by atoms with Crippen molar-refractivity contribution in [1.82, 2.24) is 0 Å². The van der Waals surface area contributed by atoms with E-state index in [4.69, 9.17) is 11.5 Å². The maximum Gasteiger partial charge on any atom is 0.0427 e. The molecule has 0 heterocycles. The molecule has 2 aromatic rings. The molecule has 2 heteroatoms. The summed E-state index contributed by atoms with van der Waals surface area (Å²) in [5.74, 6) is 0. The molecule has 0 bridgehead atoms. The minimum atomic E-state index is 0.805. The van der Waals surface area contributed by atoms with Crippen molar-refractivity contribution in [3.05, 3.63) is 34.9 Å². The van der Waals surface area contributed by atoms with Crippen LogP contribution in [0.1, 0.15) is 16.7 Å². The van der Waals surface area contributed by atoms with E-state index in [0.29, 0.717) is 0 Å². The summed E-state index contributed by atoms with van der Waals surface area (Å²) in [5.41, 5.74) is 17.4. The van der Waals surface area contributed by atoms with Crippen LogP contribution in [0.3, 0.4) is 0 Å². The van der Waals surface area contributed by atoms with Crippen LogP contribution in [0.15, 0.2) is 18.2 Å². The third-order valence-electron chi connectivity index (χ3n) is 3.29. The summed E-state index contributed by atoms with van der Waals surface area (Å²) in [6.07, 6.45) is 0. The molecule has 0 saturated carbocycles. The predicted octanol–water partition coefficient (Wildman–Crippen LogP) is 2.93. The average Bonchev–Trinajstić information content (AvgIpc) is 2.23. The van der Waals surface area contributed by atoms with Gasteiger partial charge in [0, 0.05) is 22.1 Å². The number of nitrogen functional groups attached to an aromatic ring is 2. The van der Waals surface area contributed by atoms with Gasteiger partial charge in [-0.05, 0) is 43.5 Å². The van der Waals surface area contributed by atoms with Gasteiger partial charge in [0.25, 0.3) is 0 Å². The van der Waals surface area contributed by atoms with Crippen LogP contribution >= 0.6 is 0 Å². The maximum absolute atomic E-state index is 6.10. The first-order valence-corrected chi connectivity index (χ1v) is 5.07. The fourth-order valence-electron chi connectivity index (χ4n) is 2.09. The fraction of sp³-hybridized carbons (Fsp3) is 0.231. The summed E-state index contributed by atoms with van der Waals surface area (Å²) >= 11 is 0. The van der Waals surface area contributed by atoms with E-state index in [2.05, 4.69) is 20.8 Å². The number of aryl methyl sites for hydroxylation is 1. The molecule has 0 fully saturated rings. The van der Waals surface area contributed by atoms with Crippen LogP contribution in [-0.2, 0) is 0 Å². The first kappa shape index (κ1) is 9.84. The predicted molar refractivity (Wildman–Crippen MR) is 67.0 cm³/mol. The molecule has 0 amide bonds. The van der Waals surface area contributed by atoms with Crippen LogP contribution in [0.25, 0.3) is 10.8 Å². The Balaban J connectivity index is 3.08. The summed E-state index contributed by atoms with van der Waals surface area (Å²) in [5, 5.41) is 2.16. The fourth-order valence-corrected chi connectivity index (χ4v) is 2.09. The van der Waals surface area contributed by atoms with Crippen molar-refractivity contribution < 1.29 is 0 Å². The third kappa shape index (κ3) is 1.25. The molecule has 0 atom stereocenters. The van der Waals surface area contributed by atoms with Crippen molar-refractivity contribution in [1.29, 1.82) is 0 Å². The maximum atomic E-state index is 6.10. The number of hydrogen-bond donors (Lipinski definition) is 2. The second-order valence-corrected chi connectivity index (χ2v) is 4.06. The lowest BCUT2D eigenvalue weighted by molar-refractivity contribution is 1.30. The van der Waals surface area contributed by atoms with Crippen LogP contribution < -0.4 is 11.5 Å². The highest BCUT2D eigenvalue weighted by molar-refractivity contribution is 6.04. The second-order valence-electron chi connectivity index (χ2n) is 4.06. The second kappa shape index (κ2) is 3.16. The van der Waals surface area contributed by atoms with Gasteiger partial charge < -0.3 is 11.5 Å². The van der Waals surface area contributed by atoms with Gasteiger partial charge in [-0.15, -0.1) is 0 Å². The van der Waals surface area contributed by atoms with E-state index >= 15 is 0 Å². The first-order chi connectivity index (χ1) is 7.04. The van der Waals surface area contributed by atoms with E-state index < -0.39 is 0 Å². The van der Waals surface area contributed by atoms with E-state index in [0.717, 1.165) is 27.7 Å². The van der Waals surface area contributed by atoms with Gasteiger partial charge in [-0.1, -0.05) is 12.1 Å². The van der Waals surface area contributed by atoms with E-state index in [1.807, 2.05) is 18.2 Å². The minimum absolute atomic E-state index is 0.805. The zero-order valence-electron chi connectivity index (χ0n) is 9.39. The molecule has 2 rings (SSSR count). The Kier molecular flexibility index (Phi) is 2.07. The van der Waals surface area contributed by atoms with Gasteiger partial charge in [0.2, 0.25) is 0 Å². The number of rotatable bonds is 0. The van der Waals surface area contributed by atoms with Gasteiger partial charge in [-0.25, -0.2) is 0 Å². The number of anilines is 2. The normalized spacial score (nSPS) is 10.9. The average molecular weight is 200 g/mol. The monoisotopic (exact) mass is 200 g/mol. The van der Waals surface area contributed by atoms with Gasteiger partial charge in [-0.3, -0.25) is 0 Å². The number of nitrogens with two attached hydrogens (primary N) is 2. The summed E-state index contributed by atoms with van der Waals surface area (Å²) in [7, 11) is 0. The number of hydrogen-bond acceptors (Lipinski definition) is 2. The molecule has 2 aromatic carbocycles. The molecular weight excluding hydrogens is 184 g/mol. The molecule has 0 spiro atoms. The molecule has 0 aromatic heterocycles. The smallest absolute Gasteiger partial charge is 0.0427 e. The molecule has 2 nitrogen and oxygen atoms in total. The SMILES string of the molecule is Cc1c(C)c(C)c2c(N)cccc2c1N. The lowest BCUT2D eigenvalue weighted by atomic mass is 9.94. The summed E-state index contributed by atoms with van der Waals surface area (Å²) in [6, 6.07) is 5.90. The third-order valence-corrected chi connectivity index (χ3v) is 3.29. The van der Waals surface area contributed by atoms with Gasteiger partial charge in [-0.2, -0.15) is 0 Å². The van der Waals surface area contributed by atoms with E-state index in [1.165, 1.54) is 11.1 Å². The van der Waals surface area contributed by atoms with Crippen molar-refractivity contribution in [3.8, 4) is 0 Å². The molecular formula is C13H16N2. The molecule has 4 N–H and O–H groups in total. The molecule has 0 aliphatic rings. The molecule has 0 saturated heterocycles. The van der Waals surface area contributed by atoms with Gasteiger partial charge in [0.05, 0.1) is 0 Å². The largest absolute Gasteiger partial charge is 0.398 e. The minimum Gasteiger partial charge on any atom is -0.398 e. The highest BCUT2D eigenvalue weighted by atomic mass is 14.6. The lowest BCUT2D eigenvalue weighted by Gasteiger charge is -2.14. The lowest BCUT2D eigenvalue weighted by Crippen LogP contribution is -1.99.